The molecule has 0 saturated heterocycles. The summed E-state index contributed by atoms with van der Waals surface area (Å²) in [6, 6.07) is 6.63. The van der Waals surface area contributed by atoms with Crippen molar-refractivity contribution in [3.05, 3.63) is 35.9 Å². The summed E-state index contributed by atoms with van der Waals surface area (Å²) < 4.78 is 5.22. The van der Waals surface area contributed by atoms with Crippen LogP contribution in [0.1, 0.15) is 33.3 Å². The van der Waals surface area contributed by atoms with Gasteiger partial charge >= 0.3 is 11.9 Å². The molecule has 6 nitrogen and oxygen atoms in total. The SMILES string of the molecule is CC(=O)N(CC(=O)OC(C)(C)C)c1ccc(C=CC(=O)O)cc1. The molecule has 0 atom stereocenters. The van der Waals surface area contributed by atoms with Gasteiger partial charge in [0.15, 0.2) is 0 Å². The molecule has 0 heterocycles. The molecule has 1 N–H and O–H groups in total. The minimum atomic E-state index is -1.04. The zero-order valence-electron chi connectivity index (χ0n) is 13.7. The Morgan fingerprint density at radius 2 is 1.74 bits per heavy atom. The first-order valence-corrected chi connectivity index (χ1v) is 7.09. The predicted molar refractivity (Wildman–Crippen MR) is 87.0 cm³/mol. The topological polar surface area (TPSA) is 83.9 Å². The quantitative estimate of drug-likeness (QED) is 0.666. The number of carboxylic acids is 1. The van der Waals surface area contributed by atoms with Gasteiger partial charge in [0.25, 0.3) is 0 Å². The smallest absolute Gasteiger partial charge is 0.328 e. The highest BCUT2D eigenvalue weighted by Gasteiger charge is 2.21. The molecule has 124 valence electrons. The Labute approximate surface area is 135 Å². The molecule has 0 bridgehead atoms. The fourth-order valence-corrected chi connectivity index (χ4v) is 1.82. The van der Waals surface area contributed by atoms with Crippen molar-refractivity contribution in [2.75, 3.05) is 11.4 Å². The molecule has 0 aliphatic carbocycles. The third-order valence-electron chi connectivity index (χ3n) is 2.71. The number of ether oxygens (including phenoxy) is 1. The summed E-state index contributed by atoms with van der Waals surface area (Å²) in [7, 11) is 0. The number of nitrogens with zero attached hydrogens (tertiary/aromatic N) is 1. The van der Waals surface area contributed by atoms with Gasteiger partial charge in [0.2, 0.25) is 5.91 Å². The van der Waals surface area contributed by atoms with Gasteiger partial charge in [-0.05, 0) is 44.5 Å². The van der Waals surface area contributed by atoms with Crippen LogP contribution in [0.15, 0.2) is 30.3 Å². The lowest BCUT2D eigenvalue weighted by atomic mass is 10.1. The van der Waals surface area contributed by atoms with Crippen molar-refractivity contribution in [3.63, 3.8) is 0 Å². The lowest BCUT2D eigenvalue weighted by molar-refractivity contribution is -0.153. The molecular weight excluding hydrogens is 298 g/mol. The summed E-state index contributed by atoms with van der Waals surface area (Å²) in [5.41, 5.74) is 0.595. The highest BCUT2D eigenvalue weighted by Crippen LogP contribution is 2.17. The summed E-state index contributed by atoms with van der Waals surface area (Å²) in [5, 5.41) is 8.59. The van der Waals surface area contributed by atoms with Gasteiger partial charge in [0, 0.05) is 18.7 Å². The number of carboxylic acid groups (broad SMARTS) is 1. The van der Waals surface area contributed by atoms with Crippen LogP contribution in [0.3, 0.4) is 0 Å². The summed E-state index contributed by atoms with van der Waals surface area (Å²) in [4.78, 5) is 35.5. The Morgan fingerprint density at radius 3 is 2.17 bits per heavy atom. The second-order valence-corrected chi connectivity index (χ2v) is 5.95. The van der Waals surface area contributed by atoms with Crippen molar-refractivity contribution >= 4 is 29.6 Å². The van der Waals surface area contributed by atoms with Crippen LogP contribution in [0.4, 0.5) is 5.69 Å². The molecule has 0 aromatic heterocycles. The monoisotopic (exact) mass is 319 g/mol. The summed E-state index contributed by atoms with van der Waals surface area (Å²) >= 11 is 0. The van der Waals surface area contributed by atoms with Gasteiger partial charge in [-0.1, -0.05) is 12.1 Å². The van der Waals surface area contributed by atoms with Gasteiger partial charge in [-0.15, -0.1) is 0 Å². The van der Waals surface area contributed by atoms with Crippen LogP contribution in [0.2, 0.25) is 0 Å². The standard InChI is InChI=1S/C17H21NO5/c1-12(19)18(11-16(22)23-17(2,3)4)14-8-5-13(6-9-14)7-10-15(20)21/h5-10H,11H2,1-4H3,(H,20,21). The van der Waals surface area contributed by atoms with E-state index in [1.807, 2.05) is 0 Å². The normalized spacial score (nSPS) is 11.3. The summed E-state index contributed by atoms with van der Waals surface area (Å²) in [5.74, 6) is -1.82. The van der Waals surface area contributed by atoms with E-state index in [4.69, 9.17) is 9.84 Å². The number of anilines is 1. The molecule has 0 aliphatic rings. The van der Waals surface area contributed by atoms with Crippen LogP contribution < -0.4 is 4.90 Å². The maximum atomic E-state index is 11.9. The van der Waals surface area contributed by atoms with Crippen molar-refractivity contribution in [3.8, 4) is 0 Å². The molecular formula is C17H21NO5. The number of carbonyl (C=O) groups is 3. The van der Waals surface area contributed by atoms with Gasteiger partial charge in [-0.25, -0.2) is 4.79 Å². The number of hydrogen-bond donors (Lipinski definition) is 1. The average Bonchev–Trinajstić information content (AvgIpc) is 2.41. The van der Waals surface area contributed by atoms with Crippen LogP contribution in [0.25, 0.3) is 6.08 Å². The van der Waals surface area contributed by atoms with Crippen LogP contribution in [0, 0.1) is 0 Å². The van der Waals surface area contributed by atoms with E-state index in [1.54, 1.807) is 45.0 Å². The van der Waals surface area contributed by atoms with Gasteiger partial charge in [-0.3, -0.25) is 9.59 Å². The molecule has 0 radical (unpaired) electrons. The molecule has 0 spiro atoms. The van der Waals surface area contributed by atoms with Gasteiger partial charge in [-0.2, -0.15) is 0 Å². The Balaban J connectivity index is 2.88. The Bertz CT molecular complexity index is 611. The van der Waals surface area contributed by atoms with Crippen LogP contribution in [-0.4, -0.2) is 35.1 Å². The van der Waals surface area contributed by atoms with Crippen LogP contribution >= 0.6 is 0 Å². The molecule has 1 aromatic rings. The van der Waals surface area contributed by atoms with Crippen molar-refractivity contribution in [1.29, 1.82) is 0 Å². The van der Waals surface area contributed by atoms with E-state index in [1.165, 1.54) is 17.9 Å². The fourth-order valence-electron chi connectivity index (χ4n) is 1.82. The molecule has 23 heavy (non-hydrogen) atoms. The molecule has 1 aromatic carbocycles. The van der Waals surface area contributed by atoms with E-state index in [0.717, 1.165) is 6.08 Å². The molecule has 1 amide bonds. The van der Waals surface area contributed by atoms with Crippen molar-refractivity contribution in [2.45, 2.75) is 33.3 Å². The molecule has 0 unspecified atom stereocenters. The zero-order chi connectivity index (χ0) is 17.6. The van der Waals surface area contributed by atoms with Gasteiger partial charge in [0.05, 0.1) is 0 Å². The first-order chi connectivity index (χ1) is 10.6. The van der Waals surface area contributed by atoms with E-state index >= 15 is 0 Å². The number of amides is 1. The molecule has 0 aliphatic heterocycles. The van der Waals surface area contributed by atoms with Crippen LogP contribution in [-0.2, 0) is 19.1 Å². The summed E-state index contributed by atoms with van der Waals surface area (Å²) in [6.07, 6.45) is 2.47. The first kappa shape index (κ1) is 18.4. The van der Waals surface area contributed by atoms with Crippen LogP contribution in [0.5, 0.6) is 0 Å². The van der Waals surface area contributed by atoms with E-state index in [2.05, 4.69) is 0 Å². The number of hydrogen-bond acceptors (Lipinski definition) is 4. The lowest BCUT2D eigenvalue weighted by Crippen LogP contribution is -2.37. The highest BCUT2D eigenvalue weighted by molar-refractivity contribution is 5.96. The number of aliphatic carboxylic acids is 1. The first-order valence-electron chi connectivity index (χ1n) is 7.09. The zero-order valence-corrected chi connectivity index (χ0v) is 13.7. The minimum absolute atomic E-state index is 0.184. The highest BCUT2D eigenvalue weighted by atomic mass is 16.6. The second-order valence-electron chi connectivity index (χ2n) is 5.95. The molecule has 6 heteroatoms. The maximum Gasteiger partial charge on any atom is 0.328 e. The third kappa shape index (κ3) is 6.78. The van der Waals surface area contributed by atoms with E-state index < -0.39 is 17.5 Å². The Morgan fingerprint density at radius 1 is 1.17 bits per heavy atom. The number of rotatable bonds is 5. The third-order valence-corrected chi connectivity index (χ3v) is 2.71. The molecule has 1 rings (SSSR count). The Hall–Kier alpha value is -2.63. The van der Waals surface area contributed by atoms with Gasteiger partial charge < -0.3 is 14.7 Å². The van der Waals surface area contributed by atoms with Crippen molar-refractivity contribution < 1.29 is 24.2 Å². The van der Waals surface area contributed by atoms with E-state index in [9.17, 15) is 14.4 Å². The molecule has 0 saturated carbocycles. The maximum absolute atomic E-state index is 11.9. The lowest BCUT2D eigenvalue weighted by Gasteiger charge is -2.24. The fraction of sp³-hybridized carbons (Fsp3) is 0.353. The predicted octanol–water partition coefficient (Wildman–Crippen LogP) is 2.48. The largest absolute Gasteiger partial charge is 0.478 e. The van der Waals surface area contributed by atoms with Crippen molar-refractivity contribution in [2.24, 2.45) is 0 Å². The minimum Gasteiger partial charge on any atom is -0.478 e. The van der Waals surface area contributed by atoms with Gasteiger partial charge in [0.1, 0.15) is 12.1 Å². The number of carbonyl (C=O) groups excluding carboxylic acids is 2. The van der Waals surface area contributed by atoms with E-state index in [-0.39, 0.29) is 12.5 Å². The number of benzene rings is 1. The second kappa shape index (κ2) is 7.58. The average molecular weight is 319 g/mol. The van der Waals surface area contributed by atoms with Crippen molar-refractivity contribution in [1.82, 2.24) is 0 Å². The van der Waals surface area contributed by atoms with E-state index in [0.29, 0.717) is 11.3 Å². The molecule has 0 fully saturated rings. The number of esters is 1. The Kier molecular flexibility index (Phi) is 6.07. The summed E-state index contributed by atoms with van der Waals surface area (Å²) in [6.45, 7) is 6.45.